The van der Waals surface area contributed by atoms with Gasteiger partial charge in [0.1, 0.15) is 5.58 Å². The Morgan fingerprint density at radius 1 is 0.661 bits per heavy atom. The third-order valence-electron chi connectivity index (χ3n) is 9.27. The summed E-state index contributed by atoms with van der Waals surface area (Å²) in [5, 5.41) is 1.85. The van der Waals surface area contributed by atoms with E-state index in [1.54, 1.807) is 48.7 Å². The summed E-state index contributed by atoms with van der Waals surface area (Å²) in [5.74, 6) is 0. The topological polar surface area (TPSA) is 38.9 Å². The molecular formula is C52H50IrN2O-2. The summed E-state index contributed by atoms with van der Waals surface area (Å²) in [7, 11) is 0. The van der Waals surface area contributed by atoms with Crippen molar-refractivity contribution in [3.8, 4) is 44.8 Å². The molecule has 3 heterocycles. The van der Waals surface area contributed by atoms with E-state index in [-0.39, 0.29) is 42.2 Å². The standard InChI is InChI=1S/C29H26NO.C23H24N.Ir/c1-18-15-20(29(3,4)5)13-14-21(18)25-16-26(30-17-19(25)2)24-11-8-10-23-22-9-6-7-12-27(22)31-28(23)24;1-17-10-12-20(14-21(17)19-8-6-5-7-9-19)22-13-11-18(16-24-22)15-23(2,3)4;/h6-10,12-17H,1-5H3;5-11,13-14,16H,15H2,1-4H3;/q2*-1;/i1D3,2D3;1D3,15D2;. The van der Waals surface area contributed by atoms with Gasteiger partial charge in [-0.15, -0.1) is 47.5 Å². The predicted octanol–water partition coefficient (Wildman–Crippen LogP) is 14.1. The minimum atomic E-state index is -2.50. The van der Waals surface area contributed by atoms with Crippen LogP contribution in [-0.2, 0) is 31.9 Å². The van der Waals surface area contributed by atoms with Gasteiger partial charge in [0.05, 0.1) is 5.58 Å². The number of aryl methyl sites for hydroxylation is 3. The first-order valence-corrected chi connectivity index (χ1v) is 18.2. The van der Waals surface area contributed by atoms with Crippen molar-refractivity contribution in [3.05, 3.63) is 168 Å². The van der Waals surface area contributed by atoms with Crippen molar-refractivity contribution in [1.29, 1.82) is 0 Å². The second-order valence-corrected chi connectivity index (χ2v) is 15.7. The van der Waals surface area contributed by atoms with Gasteiger partial charge in [-0.2, -0.15) is 0 Å². The van der Waals surface area contributed by atoms with Gasteiger partial charge in [0.15, 0.2) is 0 Å². The summed E-state index contributed by atoms with van der Waals surface area (Å²) in [6.45, 7) is 4.40. The maximum absolute atomic E-state index is 8.39. The van der Waals surface area contributed by atoms with Crippen molar-refractivity contribution in [2.75, 3.05) is 0 Å². The van der Waals surface area contributed by atoms with Gasteiger partial charge in [-0.3, -0.25) is 0 Å². The molecule has 0 spiro atoms. The van der Waals surface area contributed by atoms with E-state index in [0.717, 1.165) is 27.5 Å². The first-order valence-electron chi connectivity index (χ1n) is 23.7. The molecule has 5 aromatic carbocycles. The number of hydrogen-bond acceptors (Lipinski definition) is 3. The van der Waals surface area contributed by atoms with Crippen LogP contribution in [0.25, 0.3) is 66.7 Å². The molecule has 0 fully saturated rings. The van der Waals surface area contributed by atoms with Crippen LogP contribution in [0.4, 0.5) is 0 Å². The fourth-order valence-corrected chi connectivity index (χ4v) is 6.50. The zero-order valence-electron chi connectivity index (χ0n) is 43.3. The van der Waals surface area contributed by atoms with Crippen molar-refractivity contribution < 1.29 is 39.6 Å². The van der Waals surface area contributed by atoms with Crippen LogP contribution in [0.15, 0.2) is 132 Å². The van der Waals surface area contributed by atoms with Gasteiger partial charge in [-0.1, -0.05) is 150 Å². The fourth-order valence-electron chi connectivity index (χ4n) is 6.50. The zero-order valence-corrected chi connectivity index (χ0v) is 34.7. The van der Waals surface area contributed by atoms with Crippen LogP contribution in [0.3, 0.4) is 0 Å². The number of benzene rings is 5. The number of aromatic nitrogens is 2. The van der Waals surface area contributed by atoms with E-state index < -0.39 is 32.3 Å². The van der Waals surface area contributed by atoms with Crippen molar-refractivity contribution >= 4 is 21.9 Å². The molecule has 0 saturated heterocycles. The second kappa shape index (κ2) is 16.5. The summed E-state index contributed by atoms with van der Waals surface area (Å²) in [6.07, 6.45) is 1.34. The largest absolute Gasteiger partial charge is 0.501 e. The molecular weight excluding hydrogens is 861 g/mol. The summed E-state index contributed by atoms with van der Waals surface area (Å²) in [6, 6.07) is 40.7. The average Bonchev–Trinajstić information content (AvgIpc) is 3.64. The first kappa shape index (κ1) is 28.3. The third-order valence-corrected chi connectivity index (χ3v) is 9.27. The van der Waals surface area contributed by atoms with Crippen LogP contribution in [-0.4, -0.2) is 9.97 Å². The molecule has 3 nitrogen and oxygen atoms in total. The molecule has 0 amide bonds. The molecule has 3 aromatic heterocycles. The Kier molecular flexibility index (Phi) is 8.34. The Bertz CT molecular complexity index is 3030. The molecule has 0 atom stereocenters. The fraction of sp³-hybridized carbons (Fsp3) is 0.231. The summed E-state index contributed by atoms with van der Waals surface area (Å²) < 4.78 is 95.6. The number of para-hydroxylation sites is 1. The van der Waals surface area contributed by atoms with Crippen molar-refractivity contribution in [3.63, 3.8) is 0 Å². The van der Waals surface area contributed by atoms with E-state index in [4.69, 9.17) is 19.5 Å². The minimum Gasteiger partial charge on any atom is -0.501 e. The Morgan fingerprint density at radius 2 is 1.41 bits per heavy atom. The smallest absolute Gasteiger partial charge is 0.120 e. The van der Waals surface area contributed by atoms with Gasteiger partial charge in [0.2, 0.25) is 0 Å². The van der Waals surface area contributed by atoms with Crippen LogP contribution in [0.2, 0.25) is 0 Å². The molecule has 0 saturated carbocycles. The van der Waals surface area contributed by atoms with E-state index >= 15 is 0 Å². The Labute approximate surface area is 362 Å². The number of pyridine rings is 2. The van der Waals surface area contributed by atoms with Gasteiger partial charge in [-0.05, 0) is 87.3 Å². The van der Waals surface area contributed by atoms with Gasteiger partial charge in [0.25, 0.3) is 0 Å². The third kappa shape index (κ3) is 8.94. The van der Waals surface area contributed by atoms with Crippen LogP contribution < -0.4 is 0 Å². The number of furan rings is 1. The van der Waals surface area contributed by atoms with Crippen LogP contribution in [0.1, 0.15) is 84.4 Å². The van der Waals surface area contributed by atoms with Gasteiger partial charge < -0.3 is 14.4 Å². The summed E-state index contributed by atoms with van der Waals surface area (Å²) >= 11 is 0. The summed E-state index contributed by atoms with van der Waals surface area (Å²) in [5.41, 5.74) is 6.56. The van der Waals surface area contributed by atoms with Gasteiger partial charge in [-0.25, -0.2) is 0 Å². The van der Waals surface area contributed by atoms with E-state index in [2.05, 4.69) is 22.1 Å². The number of hydrogen-bond donors (Lipinski definition) is 0. The van der Waals surface area contributed by atoms with Crippen LogP contribution in [0, 0.1) is 38.1 Å². The molecule has 0 aliphatic carbocycles. The van der Waals surface area contributed by atoms with E-state index in [1.165, 1.54) is 12.3 Å². The Balaban J connectivity index is 0.000000224. The maximum Gasteiger partial charge on any atom is 0.120 e. The molecule has 8 aromatic rings. The maximum atomic E-state index is 8.39. The molecule has 8 rings (SSSR count). The van der Waals surface area contributed by atoms with Crippen molar-refractivity contribution in [2.24, 2.45) is 5.41 Å². The van der Waals surface area contributed by atoms with Crippen LogP contribution >= 0.6 is 0 Å². The quantitative estimate of drug-likeness (QED) is 0.161. The average molecular weight is 922 g/mol. The molecule has 1 radical (unpaired) electrons. The van der Waals surface area contributed by atoms with E-state index in [9.17, 15) is 0 Å². The predicted molar refractivity (Wildman–Crippen MR) is 231 cm³/mol. The normalized spacial score (nSPS) is 15.4. The Morgan fingerprint density at radius 3 is 2.12 bits per heavy atom. The second-order valence-electron chi connectivity index (χ2n) is 15.7. The molecule has 56 heavy (non-hydrogen) atoms. The number of nitrogens with zero attached hydrogens (tertiary/aromatic N) is 2. The van der Waals surface area contributed by atoms with E-state index in [1.807, 2.05) is 108 Å². The molecule has 4 heteroatoms. The number of rotatable bonds is 5. The SMILES string of the molecule is [2H]C([2H])([2H])c1c[c-]c(-c2ccc(C([2H])([2H])C(C)(C)C)cn2)cc1-c1ccccc1.[2H]C([2H])([2H])c1cnc(-c2[c-]ccc3c2oc2ccccc23)cc1-c1ccc(C(C)(C)C)cc1C([2H])([2H])[2H].[Ir]. The van der Waals surface area contributed by atoms with Crippen molar-refractivity contribution in [1.82, 2.24) is 9.97 Å². The minimum absolute atomic E-state index is 0. The molecule has 0 unspecified atom stereocenters. The molecule has 0 aliphatic heterocycles. The van der Waals surface area contributed by atoms with Crippen molar-refractivity contribution in [2.45, 2.75) is 73.9 Å². The zero-order chi connectivity index (χ0) is 48.2. The summed E-state index contributed by atoms with van der Waals surface area (Å²) in [4.78, 5) is 8.92. The molecule has 0 aliphatic rings. The monoisotopic (exact) mass is 922 g/mol. The van der Waals surface area contributed by atoms with Crippen LogP contribution in [0.5, 0.6) is 0 Å². The molecule has 0 N–H and O–H groups in total. The van der Waals surface area contributed by atoms with Gasteiger partial charge >= 0.3 is 0 Å². The van der Waals surface area contributed by atoms with Gasteiger partial charge in [0, 0.05) is 53.0 Å². The molecule has 0 bridgehead atoms. The van der Waals surface area contributed by atoms with E-state index in [0.29, 0.717) is 50.4 Å². The number of fused-ring (bicyclic) bond motifs is 3. The Hall–Kier alpha value is -5.15. The molecule has 285 valence electrons. The first-order chi connectivity index (χ1) is 30.7.